The molecule has 0 saturated heterocycles. The van der Waals surface area contributed by atoms with Gasteiger partial charge in [-0.05, 0) is 12.1 Å². The standard InChI is InChI=1S/C28H29N5O2/c1-31-15-20(18-8-4-6-10-21(18)31)25-26(28(35)30-27(25)34)24-19-9-5-7-11-22(19)32-13-12-17(14-23(24)32)33(2,3)16-29/h4-11,15,17H,12-14,16,29H2,1-3H3/p+1. The number of nitrogens with zero attached hydrogens (tertiary/aromatic N) is 3. The van der Waals surface area contributed by atoms with Crippen LogP contribution >= 0.6 is 0 Å². The number of aromatic nitrogens is 2. The van der Waals surface area contributed by atoms with Gasteiger partial charge in [0.05, 0.1) is 31.3 Å². The van der Waals surface area contributed by atoms with E-state index in [-0.39, 0.29) is 11.8 Å². The molecule has 35 heavy (non-hydrogen) atoms. The van der Waals surface area contributed by atoms with Gasteiger partial charge in [0, 0.05) is 71.3 Å². The number of hydrogen-bond acceptors (Lipinski definition) is 3. The number of nitrogens with two attached hydrogens (primary N) is 1. The molecule has 4 aromatic rings. The van der Waals surface area contributed by atoms with E-state index in [2.05, 4.69) is 36.1 Å². The SMILES string of the molecule is Cn1cc(C2=C(c3c4n(c5ccccc35)CCC([N+](C)(C)CN)C4)C(=O)NC2=O)c2ccccc21. The van der Waals surface area contributed by atoms with Crippen molar-refractivity contribution in [3.05, 3.63) is 71.5 Å². The van der Waals surface area contributed by atoms with Crippen LogP contribution in [0.25, 0.3) is 33.0 Å². The largest absolute Gasteiger partial charge is 0.350 e. The van der Waals surface area contributed by atoms with E-state index < -0.39 is 0 Å². The molecule has 1 atom stereocenters. The molecule has 178 valence electrons. The van der Waals surface area contributed by atoms with Gasteiger partial charge < -0.3 is 13.6 Å². The van der Waals surface area contributed by atoms with Crippen molar-refractivity contribution >= 4 is 44.8 Å². The Balaban J connectivity index is 1.66. The second kappa shape index (κ2) is 7.66. The van der Waals surface area contributed by atoms with Crippen LogP contribution in [0.5, 0.6) is 0 Å². The van der Waals surface area contributed by atoms with Crippen molar-refractivity contribution in [3.63, 3.8) is 0 Å². The molecular weight excluding hydrogens is 438 g/mol. The fourth-order valence-electron chi connectivity index (χ4n) is 5.94. The first-order valence-corrected chi connectivity index (χ1v) is 12.1. The molecule has 1 unspecified atom stereocenters. The molecule has 0 radical (unpaired) electrons. The van der Waals surface area contributed by atoms with Crippen molar-refractivity contribution < 1.29 is 14.1 Å². The Labute approximate surface area is 204 Å². The van der Waals surface area contributed by atoms with Crippen molar-refractivity contribution in [1.82, 2.24) is 14.5 Å². The van der Waals surface area contributed by atoms with Crippen molar-refractivity contribution in [2.24, 2.45) is 12.8 Å². The van der Waals surface area contributed by atoms with Crippen molar-refractivity contribution in [2.75, 3.05) is 20.8 Å². The zero-order valence-electron chi connectivity index (χ0n) is 20.3. The Morgan fingerprint density at radius 3 is 2.37 bits per heavy atom. The van der Waals surface area contributed by atoms with E-state index >= 15 is 0 Å². The van der Waals surface area contributed by atoms with Crippen molar-refractivity contribution in [1.29, 1.82) is 0 Å². The molecule has 6 rings (SSSR count). The fraction of sp³-hybridized carbons (Fsp3) is 0.286. The molecule has 2 aliphatic rings. The van der Waals surface area contributed by atoms with Crippen molar-refractivity contribution in [2.45, 2.75) is 25.4 Å². The maximum atomic E-state index is 13.4. The Bertz CT molecular complexity index is 1570. The highest BCUT2D eigenvalue weighted by molar-refractivity contribution is 6.51. The molecule has 7 heteroatoms. The molecular formula is C28H30N5O2+. The summed E-state index contributed by atoms with van der Waals surface area (Å²) in [6.45, 7) is 1.40. The summed E-state index contributed by atoms with van der Waals surface area (Å²) in [6, 6.07) is 16.5. The third-order valence-electron chi connectivity index (χ3n) is 8.00. The summed E-state index contributed by atoms with van der Waals surface area (Å²) in [7, 11) is 6.29. The zero-order chi connectivity index (χ0) is 24.5. The summed E-state index contributed by atoms with van der Waals surface area (Å²) in [4.78, 5) is 26.7. The quantitative estimate of drug-likeness (QED) is 0.274. The van der Waals surface area contributed by atoms with Crippen LogP contribution in [0.15, 0.2) is 54.7 Å². The van der Waals surface area contributed by atoms with Gasteiger partial charge >= 0.3 is 0 Å². The number of quaternary nitrogens is 1. The molecule has 0 fully saturated rings. The number of fused-ring (bicyclic) bond motifs is 4. The van der Waals surface area contributed by atoms with Crippen LogP contribution in [0.1, 0.15) is 23.2 Å². The lowest BCUT2D eigenvalue weighted by Crippen LogP contribution is -2.54. The molecule has 2 aromatic carbocycles. The van der Waals surface area contributed by atoms with Crippen LogP contribution in [-0.4, -0.2) is 52.2 Å². The van der Waals surface area contributed by atoms with Gasteiger partial charge in [0.25, 0.3) is 11.8 Å². The topological polar surface area (TPSA) is 82.0 Å². The maximum absolute atomic E-state index is 13.4. The van der Waals surface area contributed by atoms with E-state index in [1.165, 1.54) is 0 Å². The maximum Gasteiger partial charge on any atom is 0.259 e. The number of para-hydroxylation sites is 2. The summed E-state index contributed by atoms with van der Waals surface area (Å²) in [5.74, 6) is -0.664. The first-order chi connectivity index (χ1) is 16.8. The van der Waals surface area contributed by atoms with Gasteiger partial charge in [0.1, 0.15) is 6.67 Å². The third kappa shape index (κ3) is 3.12. The van der Waals surface area contributed by atoms with Crippen LogP contribution in [0.3, 0.4) is 0 Å². The van der Waals surface area contributed by atoms with Gasteiger partial charge in [0.15, 0.2) is 0 Å². The number of rotatable bonds is 4. The molecule has 0 spiro atoms. The molecule has 2 amide bonds. The Kier molecular flexibility index (Phi) is 4.78. The monoisotopic (exact) mass is 468 g/mol. The minimum Gasteiger partial charge on any atom is -0.350 e. The summed E-state index contributed by atoms with van der Waals surface area (Å²) in [5, 5.41) is 4.58. The number of aryl methyl sites for hydroxylation is 2. The van der Waals surface area contributed by atoms with E-state index in [0.29, 0.717) is 28.3 Å². The van der Waals surface area contributed by atoms with Gasteiger partial charge in [-0.3, -0.25) is 20.6 Å². The van der Waals surface area contributed by atoms with Gasteiger partial charge in [-0.2, -0.15) is 0 Å². The summed E-state index contributed by atoms with van der Waals surface area (Å²) >= 11 is 0. The lowest BCUT2D eigenvalue weighted by molar-refractivity contribution is -0.915. The molecule has 0 saturated carbocycles. The average molecular weight is 469 g/mol. The smallest absolute Gasteiger partial charge is 0.259 e. The van der Waals surface area contributed by atoms with Crippen LogP contribution in [0.2, 0.25) is 0 Å². The predicted molar refractivity (Wildman–Crippen MR) is 138 cm³/mol. The van der Waals surface area contributed by atoms with Crippen molar-refractivity contribution in [3.8, 4) is 0 Å². The first-order valence-electron chi connectivity index (χ1n) is 12.1. The fourth-order valence-corrected chi connectivity index (χ4v) is 5.94. The lowest BCUT2D eigenvalue weighted by atomic mass is 9.91. The highest BCUT2D eigenvalue weighted by Gasteiger charge is 2.40. The molecule has 7 nitrogen and oxygen atoms in total. The molecule has 0 aliphatic carbocycles. The van der Waals surface area contributed by atoms with E-state index in [0.717, 1.165) is 58.0 Å². The number of amides is 2. The number of benzene rings is 2. The minimum atomic E-state index is -0.337. The first kappa shape index (κ1) is 21.8. The molecule has 2 aliphatic heterocycles. The lowest BCUT2D eigenvalue weighted by Gasteiger charge is -2.39. The zero-order valence-corrected chi connectivity index (χ0v) is 20.3. The number of likely N-dealkylation sites (N-methyl/N-ethyl adjacent to an activating group) is 1. The predicted octanol–water partition coefficient (Wildman–Crippen LogP) is 3.01. The summed E-state index contributed by atoms with van der Waals surface area (Å²) in [6.07, 6.45) is 3.76. The van der Waals surface area contributed by atoms with Gasteiger partial charge in [0.2, 0.25) is 0 Å². The molecule has 4 heterocycles. The van der Waals surface area contributed by atoms with E-state index in [9.17, 15) is 9.59 Å². The van der Waals surface area contributed by atoms with E-state index in [1.54, 1.807) is 0 Å². The molecule has 2 aromatic heterocycles. The number of imide groups is 1. The minimum absolute atomic E-state index is 0.327. The highest BCUT2D eigenvalue weighted by Crippen LogP contribution is 2.42. The summed E-state index contributed by atoms with van der Waals surface area (Å²) in [5.41, 5.74) is 12.0. The van der Waals surface area contributed by atoms with Crippen LogP contribution in [0.4, 0.5) is 0 Å². The van der Waals surface area contributed by atoms with Crippen LogP contribution < -0.4 is 11.1 Å². The highest BCUT2D eigenvalue weighted by atomic mass is 16.2. The normalized spacial score (nSPS) is 18.6. The van der Waals surface area contributed by atoms with E-state index in [1.807, 2.05) is 54.2 Å². The number of carbonyl (C=O) groups excluding carboxylic acids is 2. The van der Waals surface area contributed by atoms with E-state index in [4.69, 9.17) is 5.73 Å². The third-order valence-corrected chi connectivity index (χ3v) is 8.00. The Morgan fingerprint density at radius 1 is 0.971 bits per heavy atom. The number of carbonyl (C=O) groups is 2. The Hall–Kier alpha value is -3.68. The van der Waals surface area contributed by atoms with Crippen LogP contribution in [0, 0.1) is 0 Å². The van der Waals surface area contributed by atoms with Gasteiger partial charge in [-0.1, -0.05) is 36.4 Å². The number of nitrogens with one attached hydrogen (secondary N) is 1. The number of hydrogen-bond donors (Lipinski definition) is 2. The Morgan fingerprint density at radius 2 is 1.63 bits per heavy atom. The van der Waals surface area contributed by atoms with Gasteiger partial charge in [-0.25, -0.2) is 0 Å². The second-order valence-electron chi connectivity index (χ2n) is 10.3. The molecule has 0 bridgehead atoms. The summed E-state index contributed by atoms with van der Waals surface area (Å²) < 4.78 is 5.05. The van der Waals surface area contributed by atoms with Gasteiger partial charge in [-0.15, -0.1) is 0 Å². The van der Waals surface area contributed by atoms with Crippen LogP contribution in [-0.2, 0) is 29.6 Å². The second-order valence-corrected chi connectivity index (χ2v) is 10.3. The average Bonchev–Trinajstić information content (AvgIpc) is 3.46. The molecule has 3 N–H and O–H groups in total.